The summed E-state index contributed by atoms with van der Waals surface area (Å²) < 4.78 is 11.7. The number of nitrogens with one attached hydrogen (secondary N) is 1. The Kier molecular flexibility index (Phi) is 5.95. The normalized spacial score (nSPS) is 12.1. The Labute approximate surface area is 202 Å². The Morgan fingerprint density at radius 1 is 0.971 bits per heavy atom. The average Bonchev–Trinajstić information content (AvgIpc) is 3.51. The number of carbonyl (C=O) groups excluding carboxylic acids is 1. The molecule has 3 aromatic carbocycles. The lowest BCUT2D eigenvalue weighted by Crippen LogP contribution is -2.10. The Morgan fingerprint density at radius 3 is 2.59 bits per heavy atom. The number of hydrogen-bond acceptors (Lipinski definition) is 4. The summed E-state index contributed by atoms with van der Waals surface area (Å²) in [5.41, 5.74) is 5.05. The maximum Gasteiger partial charge on any atom is 0.291 e. The zero-order valence-electron chi connectivity index (χ0n) is 18.8. The molecule has 0 radical (unpaired) electrons. The molecule has 5 rings (SSSR count). The maximum atomic E-state index is 12.8. The highest BCUT2D eigenvalue weighted by Gasteiger charge is 2.15. The monoisotopic (exact) mass is 470 g/mol. The van der Waals surface area contributed by atoms with Crippen LogP contribution in [0.2, 0.25) is 5.02 Å². The molecule has 0 bridgehead atoms. The smallest absolute Gasteiger partial charge is 0.291 e. The molecular weight excluding hydrogens is 448 g/mol. The fourth-order valence-electron chi connectivity index (χ4n) is 3.76. The number of halogens is 1. The first kappa shape index (κ1) is 22.0. The molecule has 1 N–H and O–H groups in total. The molecule has 0 aliphatic heterocycles. The molecule has 0 fully saturated rings. The summed E-state index contributed by atoms with van der Waals surface area (Å²) in [6.45, 7) is 4.37. The topological polar surface area (TPSA) is 68.3 Å². The highest BCUT2D eigenvalue weighted by Crippen LogP contribution is 2.29. The third kappa shape index (κ3) is 4.47. The molecule has 0 saturated heterocycles. The predicted molar refractivity (Wildman–Crippen MR) is 135 cm³/mol. The first-order chi connectivity index (χ1) is 16.5. The summed E-state index contributed by atoms with van der Waals surface area (Å²) in [4.78, 5) is 17.4. The van der Waals surface area contributed by atoms with Gasteiger partial charge in [-0.15, -0.1) is 0 Å². The molecule has 5 nitrogen and oxygen atoms in total. The van der Waals surface area contributed by atoms with Gasteiger partial charge in [-0.3, -0.25) is 4.79 Å². The van der Waals surface area contributed by atoms with Gasteiger partial charge in [-0.05, 0) is 84.6 Å². The van der Waals surface area contributed by atoms with E-state index in [9.17, 15) is 4.79 Å². The lowest BCUT2D eigenvalue weighted by molar-refractivity contribution is 0.0997. The van der Waals surface area contributed by atoms with Crippen molar-refractivity contribution in [2.24, 2.45) is 0 Å². The second kappa shape index (κ2) is 9.20. The van der Waals surface area contributed by atoms with Gasteiger partial charge in [-0.2, -0.15) is 0 Å². The lowest BCUT2D eigenvalue weighted by Gasteiger charge is -2.07. The van der Waals surface area contributed by atoms with Gasteiger partial charge in [0, 0.05) is 21.8 Å². The van der Waals surface area contributed by atoms with Crippen LogP contribution in [0, 0.1) is 0 Å². The largest absolute Gasteiger partial charge is 0.451 e. The maximum absolute atomic E-state index is 12.8. The number of nitrogens with zero attached hydrogens (tertiary/aromatic N) is 1. The van der Waals surface area contributed by atoms with Crippen LogP contribution in [-0.4, -0.2) is 10.9 Å². The van der Waals surface area contributed by atoms with Crippen LogP contribution < -0.4 is 5.32 Å². The molecule has 2 aromatic heterocycles. The van der Waals surface area contributed by atoms with Crippen molar-refractivity contribution in [3.8, 4) is 22.8 Å². The summed E-state index contributed by atoms with van der Waals surface area (Å²) in [5.74, 6) is 1.45. The molecule has 6 heteroatoms. The summed E-state index contributed by atoms with van der Waals surface area (Å²) in [6.07, 6.45) is 1.06. The second-order valence-electron chi connectivity index (χ2n) is 8.26. The molecule has 0 saturated carbocycles. The molecule has 34 heavy (non-hydrogen) atoms. The number of oxazole rings is 1. The standard InChI is InChI=1S/C28H23ClN2O3/c1-3-17(2)19-9-12-25-23(16-19)31-28(34-25)20-5-4-6-22(15-20)30-27(32)26-14-13-24(33-26)18-7-10-21(29)11-8-18/h4-17H,3H2,1-2H3,(H,30,32)/t17-/m0/s1. The zero-order chi connectivity index (χ0) is 23.7. The van der Waals surface area contributed by atoms with Gasteiger partial charge in [0.15, 0.2) is 11.3 Å². The van der Waals surface area contributed by atoms with Crippen LogP contribution in [-0.2, 0) is 0 Å². The van der Waals surface area contributed by atoms with E-state index < -0.39 is 0 Å². The zero-order valence-corrected chi connectivity index (χ0v) is 19.6. The van der Waals surface area contributed by atoms with E-state index in [1.165, 1.54) is 5.56 Å². The number of aromatic nitrogens is 1. The lowest BCUT2D eigenvalue weighted by atomic mass is 9.98. The van der Waals surface area contributed by atoms with E-state index in [0.717, 1.165) is 28.6 Å². The van der Waals surface area contributed by atoms with Crippen molar-refractivity contribution in [3.63, 3.8) is 0 Å². The van der Waals surface area contributed by atoms with E-state index in [1.807, 2.05) is 42.5 Å². The molecule has 2 heterocycles. The minimum absolute atomic E-state index is 0.217. The number of benzene rings is 3. The fourth-order valence-corrected chi connectivity index (χ4v) is 3.89. The minimum Gasteiger partial charge on any atom is -0.451 e. The molecule has 5 aromatic rings. The number of rotatable bonds is 6. The van der Waals surface area contributed by atoms with E-state index in [0.29, 0.717) is 28.3 Å². The van der Waals surface area contributed by atoms with Crippen LogP contribution in [0.25, 0.3) is 33.9 Å². The summed E-state index contributed by atoms with van der Waals surface area (Å²) >= 11 is 5.94. The van der Waals surface area contributed by atoms with Gasteiger partial charge in [0.05, 0.1) is 0 Å². The van der Waals surface area contributed by atoms with Crippen LogP contribution >= 0.6 is 11.6 Å². The molecule has 0 aliphatic carbocycles. The van der Waals surface area contributed by atoms with Crippen molar-refractivity contribution in [2.75, 3.05) is 5.32 Å². The summed E-state index contributed by atoms with van der Waals surface area (Å²) in [7, 11) is 0. The Bertz CT molecular complexity index is 1470. The molecule has 0 aliphatic rings. The van der Waals surface area contributed by atoms with Crippen molar-refractivity contribution in [2.45, 2.75) is 26.2 Å². The third-order valence-corrected chi connectivity index (χ3v) is 6.17. The second-order valence-corrected chi connectivity index (χ2v) is 8.70. The average molecular weight is 471 g/mol. The number of amides is 1. The van der Waals surface area contributed by atoms with E-state index in [2.05, 4.69) is 36.3 Å². The van der Waals surface area contributed by atoms with E-state index in [-0.39, 0.29) is 11.7 Å². The predicted octanol–water partition coefficient (Wildman–Crippen LogP) is 8.17. The van der Waals surface area contributed by atoms with Crippen LogP contribution in [0.15, 0.2) is 87.7 Å². The first-order valence-corrected chi connectivity index (χ1v) is 11.6. The minimum atomic E-state index is -0.340. The Balaban J connectivity index is 1.35. The van der Waals surface area contributed by atoms with Crippen LogP contribution in [0.3, 0.4) is 0 Å². The van der Waals surface area contributed by atoms with Crippen LogP contribution in [0.4, 0.5) is 5.69 Å². The number of furan rings is 1. The highest BCUT2D eigenvalue weighted by atomic mass is 35.5. The summed E-state index contributed by atoms with van der Waals surface area (Å²) in [5, 5.41) is 3.53. The Morgan fingerprint density at radius 2 is 1.79 bits per heavy atom. The van der Waals surface area contributed by atoms with Gasteiger partial charge in [-0.25, -0.2) is 4.98 Å². The van der Waals surface area contributed by atoms with Gasteiger partial charge in [0.25, 0.3) is 5.91 Å². The molecule has 170 valence electrons. The van der Waals surface area contributed by atoms with Crippen molar-refractivity contribution < 1.29 is 13.6 Å². The SMILES string of the molecule is CC[C@H](C)c1ccc2oc(-c3cccc(NC(=O)c4ccc(-c5ccc(Cl)cc5)o4)c3)nc2c1. The number of anilines is 1. The summed E-state index contributed by atoms with van der Waals surface area (Å²) in [6, 6.07) is 24.2. The van der Waals surface area contributed by atoms with Crippen molar-refractivity contribution in [1.29, 1.82) is 0 Å². The Hall–Kier alpha value is -3.83. The number of fused-ring (bicyclic) bond motifs is 1. The number of carbonyl (C=O) groups is 1. The van der Waals surface area contributed by atoms with E-state index >= 15 is 0 Å². The van der Waals surface area contributed by atoms with Crippen molar-refractivity contribution >= 4 is 34.3 Å². The van der Waals surface area contributed by atoms with Crippen LogP contribution in [0.1, 0.15) is 42.3 Å². The number of hydrogen-bond donors (Lipinski definition) is 1. The van der Waals surface area contributed by atoms with Gasteiger partial charge in [0.1, 0.15) is 11.3 Å². The van der Waals surface area contributed by atoms with E-state index in [1.54, 1.807) is 24.3 Å². The van der Waals surface area contributed by atoms with Gasteiger partial charge in [-0.1, -0.05) is 37.6 Å². The van der Waals surface area contributed by atoms with Gasteiger partial charge >= 0.3 is 0 Å². The highest BCUT2D eigenvalue weighted by molar-refractivity contribution is 6.30. The van der Waals surface area contributed by atoms with Gasteiger partial charge in [0.2, 0.25) is 5.89 Å². The van der Waals surface area contributed by atoms with Crippen molar-refractivity contribution in [1.82, 2.24) is 4.98 Å². The molecular formula is C28H23ClN2O3. The molecule has 1 amide bonds. The molecule has 0 spiro atoms. The molecule has 1 atom stereocenters. The third-order valence-electron chi connectivity index (χ3n) is 5.92. The fraction of sp³-hybridized carbons (Fsp3) is 0.143. The van der Waals surface area contributed by atoms with Crippen LogP contribution in [0.5, 0.6) is 0 Å². The first-order valence-electron chi connectivity index (χ1n) is 11.2. The van der Waals surface area contributed by atoms with E-state index in [4.69, 9.17) is 20.4 Å². The molecule has 0 unspecified atom stereocenters. The quantitative estimate of drug-likeness (QED) is 0.271. The van der Waals surface area contributed by atoms with Gasteiger partial charge < -0.3 is 14.2 Å². The van der Waals surface area contributed by atoms with Crippen molar-refractivity contribution in [3.05, 3.63) is 95.2 Å².